The highest BCUT2D eigenvalue weighted by molar-refractivity contribution is 5.48. The first kappa shape index (κ1) is 12.4. The van der Waals surface area contributed by atoms with Crippen LogP contribution >= 0.6 is 0 Å². The first-order valence-corrected chi connectivity index (χ1v) is 6.44. The van der Waals surface area contributed by atoms with Crippen molar-refractivity contribution in [3.05, 3.63) is 29.8 Å². The average molecular weight is 234 g/mol. The number of piperazine rings is 1. The van der Waals surface area contributed by atoms with Gasteiger partial charge in [0, 0.05) is 45.0 Å². The summed E-state index contributed by atoms with van der Waals surface area (Å²) in [5.74, 6) is 0. The fourth-order valence-electron chi connectivity index (χ4n) is 2.35. The predicted molar refractivity (Wildman–Crippen MR) is 71.5 cm³/mol. The Hall–Kier alpha value is -1.06. The van der Waals surface area contributed by atoms with Crippen LogP contribution in [0.15, 0.2) is 24.3 Å². The lowest BCUT2D eigenvalue weighted by atomic mass is 10.2. The third-order valence-corrected chi connectivity index (χ3v) is 3.37. The summed E-state index contributed by atoms with van der Waals surface area (Å²) < 4.78 is 0. The monoisotopic (exact) mass is 234 g/mol. The summed E-state index contributed by atoms with van der Waals surface area (Å²) in [6.07, 6.45) is 0.893. The van der Waals surface area contributed by atoms with Crippen LogP contribution in [0, 0.1) is 6.92 Å². The zero-order valence-electron chi connectivity index (χ0n) is 10.6. The quantitative estimate of drug-likeness (QED) is 0.855. The first-order chi connectivity index (χ1) is 8.29. The molecule has 0 amide bonds. The standard InChI is InChI=1S/C14H22N2O/c1-13-4-2-5-14(12-13)16-9-7-15(8-10-16)6-3-11-17/h2,4-5,12,17H,3,6-11H2,1H3. The van der Waals surface area contributed by atoms with Crippen molar-refractivity contribution in [3.63, 3.8) is 0 Å². The molecule has 1 heterocycles. The highest BCUT2D eigenvalue weighted by atomic mass is 16.3. The van der Waals surface area contributed by atoms with Gasteiger partial charge in [-0.15, -0.1) is 0 Å². The highest BCUT2D eigenvalue weighted by Gasteiger charge is 2.16. The zero-order valence-corrected chi connectivity index (χ0v) is 10.6. The third-order valence-electron chi connectivity index (χ3n) is 3.37. The molecule has 3 nitrogen and oxygen atoms in total. The molecule has 3 heteroatoms. The number of aliphatic hydroxyl groups is 1. The largest absolute Gasteiger partial charge is 0.396 e. The van der Waals surface area contributed by atoms with Gasteiger partial charge < -0.3 is 10.0 Å². The maximum atomic E-state index is 8.82. The number of benzene rings is 1. The van der Waals surface area contributed by atoms with Gasteiger partial charge >= 0.3 is 0 Å². The van der Waals surface area contributed by atoms with Gasteiger partial charge in [0.25, 0.3) is 0 Å². The fourth-order valence-corrected chi connectivity index (χ4v) is 2.35. The van der Waals surface area contributed by atoms with E-state index >= 15 is 0 Å². The molecule has 1 aromatic carbocycles. The summed E-state index contributed by atoms with van der Waals surface area (Å²) in [6, 6.07) is 8.71. The van der Waals surface area contributed by atoms with E-state index in [4.69, 9.17) is 5.11 Å². The van der Waals surface area contributed by atoms with Crippen LogP contribution in [0.5, 0.6) is 0 Å². The Labute approximate surface area is 104 Å². The van der Waals surface area contributed by atoms with Gasteiger partial charge in [-0.1, -0.05) is 12.1 Å². The molecule has 1 fully saturated rings. The van der Waals surface area contributed by atoms with E-state index in [-0.39, 0.29) is 0 Å². The second kappa shape index (κ2) is 6.03. The van der Waals surface area contributed by atoms with Gasteiger partial charge in [-0.3, -0.25) is 4.90 Å². The van der Waals surface area contributed by atoms with Crippen LogP contribution in [0.25, 0.3) is 0 Å². The minimum atomic E-state index is 0.304. The predicted octanol–water partition coefficient (Wildman–Crippen LogP) is 1.50. The van der Waals surface area contributed by atoms with E-state index < -0.39 is 0 Å². The van der Waals surface area contributed by atoms with Crippen LogP contribution in [-0.2, 0) is 0 Å². The fraction of sp³-hybridized carbons (Fsp3) is 0.571. The van der Waals surface area contributed by atoms with Crippen molar-refractivity contribution >= 4 is 5.69 Å². The van der Waals surface area contributed by atoms with Crippen molar-refractivity contribution in [2.24, 2.45) is 0 Å². The van der Waals surface area contributed by atoms with Crippen molar-refractivity contribution in [2.75, 3.05) is 44.2 Å². The molecule has 0 aliphatic carbocycles. The lowest BCUT2D eigenvalue weighted by molar-refractivity contribution is 0.216. The number of nitrogens with zero attached hydrogens (tertiary/aromatic N) is 2. The van der Waals surface area contributed by atoms with Gasteiger partial charge in [-0.05, 0) is 31.0 Å². The topological polar surface area (TPSA) is 26.7 Å². The van der Waals surface area contributed by atoms with Crippen LogP contribution in [-0.4, -0.2) is 49.3 Å². The molecule has 0 atom stereocenters. The summed E-state index contributed by atoms with van der Waals surface area (Å²) in [4.78, 5) is 4.88. The van der Waals surface area contributed by atoms with E-state index in [1.165, 1.54) is 11.3 Å². The molecule has 1 aliphatic rings. The highest BCUT2D eigenvalue weighted by Crippen LogP contribution is 2.17. The van der Waals surface area contributed by atoms with Crippen molar-refractivity contribution < 1.29 is 5.11 Å². The molecule has 0 bridgehead atoms. The van der Waals surface area contributed by atoms with Crippen molar-refractivity contribution in [1.82, 2.24) is 4.90 Å². The maximum absolute atomic E-state index is 8.82. The molecular weight excluding hydrogens is 212 g/mol. The molecule has 1 N–H and O–H groups in total. The zero-order chi connectivity index (χ0) is 12.1. The Morgan fingerprint density at radius 1 is 1.18 bits per heavy atom. The molecule has 0 saturated carbocycles. The minimum Gasteiger partial charge on any atom is -0.396 e. The number of rotatable bonds is 4. The molecule has 17 heavy (non-hydrogen) atoms. The van der Waals surface area contributed by atoms with Gasteiger partial charge in [0.1, 0.15) is 0 Å². The van der Waals surface area contributed by atoms with E-state index in [9.17, 15) is 0 Å². The Kier molecular flexibility index (Phi) is 4.40. The van der Waals surface area contributed by atoms with Crippen molar-refractivity contribution in [2.45, 2.75) is 13.3 Å². The SMILES string of the molecule is Cc1cccc(N2CCN(CCCO)CC2)c1. The van der Waals surface area contributed by atoms with Crippen LogP contribution in [0.4, 0.5) is 5.69 Å². The number of hydrogen-bond acceptors (Lipinski definition) is 3. The van der Waals surface area contributed by atoms with Gasteiger partial charge in [0.15, 0.2) is 0 Å². The molecule has 0 aromatic heterocycles. The molecule has 1 saturated heterocycles. The third kappa shape index (κ3) is 3.45. The van der Waals surface area contributed by atoms with E-state index in [0.29, 0.717) is 6.61 Å². The van der Waals surface area contributed by atoms with E-state index in [2.05, 4.69) is 41.0 Å². The smallest absolute Gasteiger partial charge is 0.0443 e. The van der Waals surface area contributed by atoms with E-state index in [1.807, 2.05) is 0 Å². The number of aryl methyl sites for hydroxylation is 1. The minimum absolute atomic E-state index is 0.304. The number of aliphatic hydroxyl groups excluding tert-OH is 1. The molecule has 94 valence electrons. The Balaban J connectivity index is 1.86. The van der Waals surface area contributed by atoms with Crippen LogP contribution < -0.4 is 4.90 Å². The first-order valence-electron chi connectivity index (χ1n) is 6.44. The molecule has 2 rings (SSSR count). The van der Waals surface area contributed by atoms with Gasteiger partial charge in [0.05, 0.1) is 0 Å². The lowest BCUT2D eigenvalue weighted by Gasteiger charge is -2.36. The molecule has 1 aliphatic heterocycles. The summed E-state index contributed by atoms with van der Waals surface area (Å²) in [7, 11) is 0. The molecule has 0 spiro atoms. The van der Waals surface area contributed by atoms with E-state index in [1.54, 1.807) is 0 Å². The van der Waals surface area contributed by atoms with Crippen molar-refractivity contribution in [3.8, 4) is 0 Å². The van der Waals surface area contributed by atoms with Crippen LogP contribution in [0.3, 0.4) is 0 Å². The Bertz CT molecular complexity index is 346. The second-order valence-electron chi connectivity index (χ2n) is 4.74. The molecule has 0 radical (unpaired) electrons. The molecular formula is C14H22N2O. The number of anilines is 1. The van der Waals surface area contributed by atoms with E-state index in [0.717, 1.165) is 39.1 Å². The summed E-state index contributed by atoms with van der Waals surface area (Å²) in [5, 5.41) is 8.82. The van der Waals surface area contributed by atoms with Gasteiger partial charge in [-0.25, -0.2) is 0 Å². The molecule has 0 unspecified atom stereocenters. The normalized spacial score (nSPS) is 17.4. The summed E-state index contributed by atoms with van der Waals surface area (Å²) in [6.45, 7) is 7.86. The van der Waals surface area contributed by atoms with Gasteiger partial charge in [0.2, 0.25) is 0 Å². The second-order valence-corrected chi connectivity index (χ2v) is 4.74. The average Bonchev–Trinajstić information content (AvgIpc) is 2.37. The van der Waals surface area contributed by atoms with Crippen LogP contribution in [0.2, 0.25) is 0 Å². The Morgan fingerprint density at radius 3 is 2.59 bits per heavy atom. The number of hydrogen-bond donors (Lipinski definition) is 1. The lowest BCUT2D eigenvalue weighted by Crippen LogP contribution is -2.46. The summed E-state index contributed by atoms with van der Waals surface area (Å²) in [5.41, 5.74) is 2.66. The van der Waals surface area contributed by atoms with Gasteiger partial charge in [-0.2, -0.15) is 0 Å². The summed E-state index contributed by atoms with van der Waals surface area (Å²) >= 11 is 0. The maximum Gasteiger partial charge on any atom is 0.0443 e. The van der Waals surface area contributed by atoms with Crippen molar-refractivity contribution in [1.29, 1.82) is 0 Å². The Morgan fingerprint density at radius 2 is 1.94 bits per heavy atom. The van der Waals surface area contributed by atoms with Crippen LogP contribution in [0.1, 0.15) is 12.0 Å². The molecule has 1 aromatic rings.